The molecule has 0 radical (unpaired) electrons. The van der Waals surface area contributed by atoms with Crippen LogP contribution in [-0.4, -0.2) is 61.9 Å². The first-order chi connectivity index (χ1) is 13.8. The second kappa shape index (κ2) is 7.85. The molecule has 2 bridgehead atoms. The van der Waals surface area contributed by atoms with Crippen molar-refractivity contribution in [3.05, 3.63) is 66.0 Å². The molecule has 0 aliphatic carbocycles. The minimum absolute atomic E-state index is 0.0101. The van der Waals surface area contributed by atoms with Crippen molar-refractivity contribution in [1.29, 1.82) is 0 Å². The second-order valence-corrected chi connectivity index (χ2v) is 9.47. The Hall–Kier alpha value is -2.29. The molecule has 0 spiro atoms. The van der Waals surface area contributed by atoms with Crippen LogP contribution in [0.25, 0.3) is 0 Å². The van der Waals surface area contributed by atoms with Gasteiger partial charge in [-0.1, -0.05) is 36.4 Å². The third-order valence-corrected chi connectivity index (χ3v) is 7.29. The van der Waals surface area contributed by atoms with E-state index in [0.29, 0.717) is 13.1 Å². The van der Waals surface area contributed by atoms with Crippen LogP contribution in [0.3, 0.4) is 0 Å². The summed E-state index contributed by atoms with van der Waals surface area (Å²) in [7, 11) is -3.81. The van der Waals surface area contributed by atoms with Crippen LogP contribution in [0, 0.1) is 5.82 Å². The van der Waals surface area contributed by atoms with Crippen molar-refractivity contribution in [3.63, 3.8) is 0 Å². The van der Waals surface area contributed by atoms with Crippen LogP contribution in [-0.2, 0) is 19.6 Å². The number of benzene rings is 2. The van der Waals surface area contributed by atoms with Gasteiger partial charge in [-0.3, -0.25) is 4.79 Å². The van der Waals surface area contributed by atoms with Crippen molar-refractivity contribution >= 4 is 15.9 Å². The van der Waals surface area contributed by atoms with E-state index in [0.717, 1.165) is 11.6 Å². The van der Waals surface area contributed by atoms with Gasteiger partial charge in [0.15, 0.2) is 0 Å². The number of hydrogen-bond donors (Lipinski definition) is 0. The molecule has 1 unspecified atom stereocenters. The van der Waals surface area contributed by atoms with Gasteiger partial charge in [0, 0.05) is 26.2 Å². The minimum atomic E-state index is -3.81. The first-order valence-electron chi connectivity index (χ1n) is 9.59. The van der Waals surface area contributed by atoms with Crippen LogP contribution >= 0.6 is 0 Å². The molecule has 0 saturated carbocycles. The smallest absolute Gasteiger partial charge is 0.243 e. The molecule has 2 heterocycles. The third-order valence-electron chi connectivity index (χ3n) is 5.46. The quantitative estimate of drug-likeness (QED) is 0.764. The second-order valence-electron chi connectivity index (χ2n) is 7.54. The summed E-state index contributed by atoms with van der Waals surface area (Å²) < 4.78 is 46.5. The molecule has 0 N–H and O–H groups in total. The average Bonchev–Trinajstić information content (AvgIpc) is 2.72. The van der Waals surface area contributed by atoms with Gasteiger partial charge in [-0.15, -0.1) is 0 Å². The number of rotatable bonds is 4. The van der Waals surface area contributed by atoms with Crippen molar-refractivity contribution < 1.29 is 22.3 Å². The molecule has 2 saturated heterocycles. The summed E-state index contributed by atoms with van der Waals surface area (Å²) in [5, 5.41) is 0. The molecule has 29 heavy (non-hydrogen) atoms. The Bertz CT molecular complexity index is 985. The van der Waals surface area contributed by atoms with E-state index in [1.807, 2.05) is 37.3 Å². The van der Waals surface area contributed by atoms with Crippen LogP contribution in [0.4, 0.5) is 4.39 Å². The molecule has 8 heteroatoms. The summed E-state index contributed by atoms with van der Waals surface area (Å²) in [6, 6.07) is 14.6. The summed E-state index contributed by atoms with van der Waals surface area (Å²) in [5.74, 6) is -0.857. The molecule has 3 atom stereocenters. The van der Waals surface area contributed by atoms with Crippen molar-refractivity contribution in [2.45, 2.75) is 29.9 Å². The highest BCUT2D eigenvalue weighted by molar-refractivity contribution is 7.89. The van der Waals surface area contributed by atoms with Crippen molar-refractivity contribution in [1.82, 2.24) is 9.21 Å². The van der Waals surface area contributed by atoms with Crippen LogP contribution in [0.2, 0.25) is 0 Å². The highest BCUT2D eigenvalue weighted by atomic mass is 32.2. The number of amides is 1. The van der Waals surface area contributed by atoms with Gasteiger partial charge in [0.25, 0.3) is 0 Å². The van der Waals surface area contributed by atoms with Gasteiger partial charge < -0.3 is 9.64 Å². The molecule has 0 aromatic heterocycles. The number of halogens is 1. The third kappa shape index (κ3) is 4.05. The van der Waals surface area contributed by atoms with Crippen molar-refractivity contribution in [2.75, 3.05) is 26.2 Å². The molecule has 2 fully saturated rings. The molecule has 2 aromatic rings. The monoisotopic (exact) mass is 418 g/mol. The zero-order chi connectivity index (χ0) is 20.6. The van der Waals surface area contributed by atoms with E-state index in [4.69, 9.17) is 4.74 Å². The summed E-state index contributed by atoms with van der Waals surface area (Å²) in [4.78, 5) is 14.7. The number of carbonyl (C=O) groups excluding carboxylic acids is 1. The van der Waals surface area contributed by atoms with Crippen molar-refractivity contribution in [3.8, 4) is 0 Å². The molecule has 2 aliphatic heterocycles. The lowest BCUT2D eigenvalue weighted by Gasteiger charge is -2.45. The lowest BCUT2D eigenvalue weighted by molar-refractivity contribution is -0.155. The summed E-state index contributed by atoms with van der Waals surface area (Å²) in [6.07, 6.45) is -0.810. The van der Waals surface area contributed by atoms with E-state index < -0.39 is 28.0 Å². The van der Waals surface area contributed by atoms with Gasteiger partial charge in [0.05, 0.1) is 23.0 Å². The molecule has 1 amide bonds. The predicted octanol–water partition coefficient (Wildman–Crippen LogP) is 2.23. The number of carbonyl (C=O) groups is 1. The number of fused-ring (bicyclic) bond motifs is 2. The minimum Gasteiger partial charge on any atom is -0.369 e. The molecular weight excluding hydrogens is 395 g/mol. The zero-order valence-corrected chi connectivity index (χ0v) is 16.9. The summed E-state index contributed by atoms with van der Waals surface area (Å²) >= 11 is 0. The van der Waals surface area contributed by atoms with E-state index in [2.05, 4.69) is 0 Å². The first kappa shape index (κ1) is 20.0. The van der Waals surface area contributed by atoms with Crippen LogP contribution in [0.15, 0.2) is 59.5 Å². The van der Waals surface area contributed by atoms with Gasteiger partial charge in [0.1, 0.15) is 5.82 Å². The largest absolute Gasteiger partial charge is 0.369 e. The molecular formula is C21H23FN2O4S. The molecule has 6 nitrogen and oxygen atoms in total. The average molecular weight is 418 g/mol. The number of hydrogen-bond acceptors (Lipinski definition) is 4. The van der Waals surface area contributed by atoms with Gasteiger partial charge in [0.2, 0.25) is 15.9 Å². The number of nitrogens with zero attached hydrogens (tertiary/aromatic N) is 2. The van der Waals surface area contributed by atoms with E-state index in [1.54, 1.807) is 4.90 Å². The summed E-state index contributed by atoms with van der Waals surface area (Å²) in [5.41, 5.74) is 0.949. The van der Waals surface area contributed by atoms with Gasteiger partial charge in [-0.2, -0.15) is 4.31 Å². The number of morpholine rings is 2. The lowest BCUT2D eigenvalue weighted by Crippen LogP contribution is -2.61. The normalized spacial score (nSPS) is 23.6. The maximum Gasteiger partial charge on any atom is 0.243 e. The Labute approximate surface area is 169 Å². The fourth-order valence-electron chi connectivity index (χ4n) is 3.97. The standard InChI is InChI=1S/C21H23FN2O4S/c1-15(16-6-3-2-4-7-16)21(25)23-11-18-13-24(14-19(12-23)28-18)29(26,27)20-9-5-8-17(22)10-20/h2-10,15,18-19H,11-14H2,1H3/t15?,18-,19+. The topological polar surface area (TPSA) is 66.9 Å². The van der Waals surface area contributed by atoms with E-state index >= 15 is 0 Å². The Kier molecular flexibility index (Phi) is 5.42. The van der Waals surface area contributed by atoms with Gasteiger partial charge >= 0.3 is 0 Å². The molecule has 4 rings (SSSR count). The fraction of sp³-hybridized carbons (Fsp3) is 0.381. The maximum atomic E-state index is 13.5. The van der Waals surface area contributed by atoms with Gasteiger partial charge in [-0.05, 0) is 30.7 Å². The molecule has 154 valence electrons. The molecule has 2 aromatic carbocycles. The SMILES string of the molecule is CC(C(=O)N1C[C@@H]2CN(S(=O)(=O)c3cccc(F)c3)C[C@H](C1)O2)c1ccccc1. The Morgan fingerprint density at radius 1 is 1.03 bits per heavy atom. The number of sulfonamides is 1. The maximum absolute atomic E-state index is 13.5. The van der Waals surface area contributed by atoms with Crippen LogP contribution < -0.4 is 0 Å². The van der Waals surface area contributed by atoms with Crippen LogP contribution in [0.5, 0.6) is 0 Å². The Morgan fingerprint density at radius 3 is 2.31 bits per heavy atom. The van der Waals surface area contributed by atoms with E-state index in [9.17, 15) is 17.6 Å². The highest BCUT2D eigenvalue weighted by Gasteiger charge is 2.41. The van der Waals surface area contributed by atoms with E-state index in [-0.39, 0.29) is 29.8 Å². The summed E-state index contributed by atoms with van der Waals surface area (Å²) in [6.45, 7) is 2.82. The highest BCUT2D eigenvalue weighted by Crippen LogP contribution is 2.27. The Balaban J connectivity index is 1.47. The van der Waals surface area contributed by atoms with Gasteiger partial charge in [-0.25, -0.2) is 12.8 Å². The van der Waals surface area contributed by atoms with Crippen LogP contribution in [0.1, 0.15) is 18.4 Å². The van der Waals surface area contributed by atoms with Crippen molar-refractivity contribution in [2.24, 2.45) is 0 Å². The fourth-order valence-corrected chi connectivity index (χ4v) is 5.50. The Morgan fingerprint density at radius 2 is 1.69 bits per heavy atom. The number of ether oxygens (including phenoxy) is 1. The van der Waals surface area contributed by atoms with E-state index in [1.165, 1.54) is 22.5 Å². The first-order valence-corrected chi connectivity index (χ1v) is 11.0. The predicted molar refractivity (Wildman–Crippen MR) is 105 cm³/mol. The molecule has 2 aliphatic rings. The zero-order valence-electron chi connectivity index (χ0n) is 16.1. The lowest BCUT2D eigenvalue weighted by atomic mass is 9.98.